The number of hydrogen-bond donors (Lipinski definition) is 1. The van der Waals surface area contributed by atoms with E-state index in [1.54, 1.807) is 0 Å². The van der Waals surface area contributed by atoms with Crippen LogP contribution in [0.5, 0.6) is 0 Å². The van der Waals surface area contributed by atoms with Crippen LogP contribution in [-0.4, -0.2) is 29.9 Å². The summed E-state index contributed by atoms with van der Waals surface area (Å²) in [7, 11) is 0. The van der Waals surface area contributed by atoms with Gasteiger partial charge in [0, 0.05) is 32.0 Å². The number of carbonyl (C=O) groups excluding carboxylic acids is 1. The molecule has 0 saturated heterocycles. The summed E-state index contributed by atoms with van der Waals surface area (Å²) >= 11 is 0. The van der Waals surface area contributed by atoms with Gasteiger partial charge >= 0.3 is 0 Å². The van der Waals surface area contributed by atoms with Crippen molar-refractivity contribution in [1.29, 1.82) is 5.26 Å². The number of carbonyl (C=O) groups is 1. The maximum absolute atomic E-state index is 10.6. The lowest BCUT2D eigenvalue weighted by atomic mass is 10.3. The van der Waals surface area contributed by atoms with Crippen molar-refractivity contribution < 1.29 is 4.79 Å². The first-order chi connectivity index (χ1) is 6.24. The molecule has 1 fully saturated rings. The van der Waals surface area contributed by atoms with Crippen molar-refractivity contribution in [1.82, 2.24) is 4.90 Å². The van der Waals surface area contributed by atoms with E-state index in [1.165, 1.54) is 12.8 Å². The van der Waals surface area contributed by atoms with Crippen LogP contribution in [-0.2, 0) is 4.79 Å². The molecule has 0 spiro atoms. The number of nitrogens with two attached hydrogens (primary N) is 1. The number of nitrogens with zero attached hydrogens (tertiary/aromatic N) is 2. The fraction of sp³-hybridized carbons (Fsp3) is 0.778. The van der Waals surface area contributed by atoms with Gasteiger partial charge in [0.2, 0.25) is 5.91 Å². The second-order valence-electron chi connectivity index (χ2n) is 3.39. The van der Waals surface area contributed by atoms with E-state index in [4.69, 9.17) is 11.0 Å². The average molecular weight is 181 g/mol. The lowest BCUT2D eigenvalue weighted by molar-refractivity contribution is -0.118. The zero-order valence-electron chi connectivity index (χ0n) is 7.70. The first-order valence-corrected chi connectivity index (χ1v) is 4.63. The van der Waals surface area contributed by atoms with E-state index in [0.717, 1.165) is 6.54 Å². The maximum atomic E-state index is 10.6. The van der Waals surface area contributed by atoms with Gasteiger partial charge in [-0.1, -0.05) is 0 Å². The van der Waals surface area contributed by atoms with Gasteiger partial charge in [-0.2, -0.15) is 5.26 Å². The first-order valence-electron chi connectivity index (χ1n) is 4.63. The van der Waals surface area contributed by atoms with Crippen LogP contribution in [0.2, 0.25) is 0 Å². The molecule has 0 aromatic heterocycles. The Hall–Kier alpha value is -1.08. The monoisotopic (exact) mass is 181 g/mol. The quantitative estimate of drug-likeness (QED) is 0.638. The number of amides is 1. The van der Waals surface area contributed by atoms with Crippen LogP contribution in [0.4, 0.5) is 0 Å². The molecule has 4 nitrogen and oxygen atoms in total. The van der Waals surface area contributed by atoms with Crippen LogP contribution in [0.25, 0.3) is 0 Å². The van der Waals surface area contributed by atoms with Crippen molar-refractivity contribution >= 4 is 5.91 Å². The summed E-state index contributed by atoms with van der Waals surface area (Å²) in [6.07, 6.45) is 3.34. The van der Waals surface area contributed by atoms with Gasteiger partial charge in [-0.25, -0.2) is 0 Å². The molecule has 1 saturated carbocycles. The Bertz CT molecular complexity index is 217. The average Bonchev–Trinajstić information content (AvgIpc) is 2.87. The van der Waals surface area contributed by atoms with E-state index in [2.05, 4.69) is 11.0 Å². The molecule has 1 amide bonds. The van der Waals surface area contributed by atoms with E-state index >= 15 is 0 Å². The summed E-state index contributed by atoms with van der Waals surface area (Å²) in [5.41, 5.74) is 5.06. The van der Waals surface area contributed by atoms with Gasteiger partial charge in [-0.05, 0) is 12.8 Å². The molecule has 1 aliphatic rings. The summed E-state index contributed by atoms with van der Waals surface area (Å²) < 4.78 is 0. The lowest BCUT2D eigenvalue weighted by Crippen LogP contribution is -2.30. The van der Waals surface area contributed by atoms with Crippen molar-refractivity contribution in [3.05, 3.63) is 0 Å². The van der Waals surface area contributed by atoms with E-state index < -0.39 is 0 Å². The van der Waals surface area contributed by atoms with Gasteiger partial charge in [0.25, 0.3) is 0 Å². The second kappa shape index (κ2) is 4.83. The number of hydrogen-bond acceptors (Lipinski definition) is 3. The van der Waals surface area contributed by atoms with Gasteiger partial charge in [-0.3, -0.25) is 9.69 Å². The first kappa shape index (κ1) is 10.0. The zero-order chi connectivity index (χ0) is 9.68. The highest BCUT2D eigenvalue weighted by molar-refractivity contribution is 5.73. The molecule has 1 rings (SSSR count). The van der Waals surface area contributed by atoms with Crippen molar-refractivity contribution in [2.75, 3.05) is 13.1 Å². The van der Waals surface area contributed by atoms with Crippen LogP contribution in [0.1, 0.15) is 25.7 Å². The molecule has 0 bridgehead atoms. The molecule has 1 aliphatic carbocycles. The van der Waals surface area contributed by atoms with Crippen LogP contribution < -0.4 is 5.73 Å². The largest absolute Gasteiger partial charge is 0.370 e. The smallest absolute Gasteiger partial charge is 0.218 e. The highest BCUT2D eigenvalue weighted by Gasteiger charge is 2.28. The zero-order valence-corrected chi connectivity index (χ0v) is 7.70. The lowest BCUT2D eigenvalue weighted by Gasteiger charge is -2.19. The minimum absolute atomic E-state index is 0.261. The van der Waals surface area contributed by atoms with Gasteiger partial charge in [0.15, 0.2) is 0 Å². The molecule has 0 aliphatic heterocycles. The molecule has 0 aromatic carbocycles. The minimum atomic E-state index is -0.261. The van der Waals surface area contributed by atoms with Crippen molar-refractivity contribution in [3.63, 3.8) is 0 Å². The summed E-state index contributed by atoms with van der Waals surface area (Å²) in [6.45, 7) is 1.48. The third kappa shape index (κ3) is 3.90. The minimum Gasteiger partial charge on any atom is -0.370 e. The predicted octanol–water partition coefficient (Wildman–Crippen LogP) is 0.240. The van der Waals surface area contributed by atoms with E-state index in [9.17, 15) is 4.79 Å². The standard InChI is InChI=1S/C9H15N3O/c10-5-1-6-12(8-2-3-8)7-4-9(11)13/h8H,1-4,6-7H2,(H2,11,13). The Kier molecular flexibility index (Phi) is 3.71. The molecule has 13 heavy (non-hydrogen) atoms. The number of rotatable bonds is 6. The van der Waals surface area contributed by atoms with E-state index in [-0.39, 0.29) is 5.91 Å². The topological polar surface area (TPSA) is 70.1 Å². The van der Waals surface area contributed by atoms with Crippen molar-refractivity contribution in [3.8, 4) is 6.07 Å². The molecule has 72 valence electrons. The SMILES string of the molecule is N#CCCN(CCC(N)=O)C1CC1. The Labute approximate surface area is 78.3 Å². The van der Waals surface area contributed by atoms with Crippen LogP contribution in [0.3, 0.4) is 0 Å². The Balaban J connectivity index is 2.21. The van der Waals surface area contributed by atoms with Gasteiger partial charge in [0.05, 0.1) is 6.07 Å². The summed E-state index contributed by atoms with van der Waals surface area (Å²) in [4.78, 5) is 12.7. The fourth-order valence-electron chi connectivity index (χ4n) is 1.36. The molecule has 2 N–H and O–H groups in total. The molecular weight excluding hydrogens is 166 g/mol. The molecule has 4 heteroatoms. The third-order valence-electron chi connectivity index (χ3n) is 2.22. The molecule has 0 atom stereocenters. The second-order valence-corrected chi connectivity index (χ2v) is 3.39. The molecule has 0 aromatic rings. The predicted molar refractivity (Wildman–Crippen MR) is 48.6 cm³/mol. The molecule has 0 unspecified atom stereocenters. The summed E-state index contributed by atoms with van der Waals surface area (Å²) in [5, 5.41) is 8.43. The summed E-state index contributed by atoms with van der Waals surface area (Å²) in [6, 6.07) is 2.71. The number of nitriles is 1. The Morgan fingerprint density at radius 3 is 2.69 bits per heavy atom. The molecular formula is C9H15N3O. The maximum Gasteiger partial charge on any atom is 0.218 e. The van der Waals surface area contributed by atoms with Crippen molar-refractivity contribution in [2.45, 2.75) is 31.7 Å². The number of primary amides is 1. The van der Waals surface area contributed by atoms with E-state index in [1.807, 2.05) is 0 Å². The third-order valence-corrected chi connectivity index (χ3v) is 2.22. The van der Waals surface area contributed by atoms with Crippen LogP contribution in [0.15, 0.2) is 0 Å². The fourth-order valence-corrected chi connectivity index (χ4v) is 1.36. The summed E-state index contributed by atoms with van der Waals surface area (Å²) in [5.74, 6) is -0.261. The van der Waals surface area contributed by atoms with Crippen LogP contribution >= 0.6 is 0 Å². The molecule has 0 radical (unpaired) electrons. The van der Waals surface area contributed by atoms with Gasteiger partial charge in [-0.15, -0.1) is 0 Å². The normalized spacial score (nSPS) is 15.7. The Morgan fingerprint density at radius 1 is 1.54 bits per heavy atom. The van der Waals surface area contributed by atoms with Gasteiger partial charge in [0.1, 0.15) is 0 Å². The molecule has 0 heterocycles. The highest BCUT2D eigenvalue weighted by atomic mass is 16.1. The van der Waals surface area contributed by atoms with Gasteiger partial charge < -0.3 is 5.73 Å². The highest BCUT2D eigenvalue weighted by Crippen LogP contribution is 2.26. The Morgan fingerprint density at radius 2 is 2.23 bits per heavy atom. The van der Waals surface area contributed by atoms with E-state index in [0.29, 0.717) is 25.4 Å². The van der Waals surface area contributed by atoms with Crippen molar-refractivity contribution in [2.24, 2.45) is 5.73 Å². The van der Waals surface area contributed by atoms with Crippen LogP contribution in [0, 0.1) is 11.3 Å².